The van der Waals surface area contributed by atoms with Crippen LogP contribution in [0.15, 0.2) is 42.5 Å². The van der Waals surface area contributed by atoms with Gasteiger partial charge >= 0.3 is 0 Å². The van der Waals surface area contributed by atoms with Crippen molar-refractivity contribution in [3.63, 3.8) is 0 Å². The van der Waals surface area contributed by atoms with Gasteiger partial charge in [-0.1, -0.05) is 29.3 Å². The maximum atomic E-state index is 13.9. The quantitative estimate of drug-likeness (QED) is 0.462. The summed E-state index contributed by atoms with van der Waals surface area (Å²) >= 11 is 12.2. The van der Waals surface area contributed by atoms with Crippen LogP contribution in [-0.2, 0) is 6.42 Å². The number of pyridine rings is 1. The number of aliphatic hydroxyl groups is 1. The lowest BCUT2D eigenvalue weighted by Crippen LogP contribution is -2.52. The van der Waals surface area contributed by atoms with Crippen molar-refractivity contribution in [3.05, 3.63) is 69.5 Å². The second-order valence-corrected chi connectivity index (χ2v) is 11.0. The summed E-state index contributed by atoms with van der Waals surface area (Å²) in [5, 5.41) is 21.7. The minimum absolute atomic E-state index is 0.134. The molecule has 3 heterocycles. The van der Waals surface area contributed by atoms with E-state index in [1.807, 2.05) is 18.2 Å². The Kier molecular flexibility index (Phi) is 7.86. The molecule has 0 bridgehead atoms. The molecule has 2 N–H and O–H groups in total. The third kappa shape index (κ3) is 5.70. The Labute approximate surface area is 225 Å². The number of carbonyl (C=O) groups is 1. The number of piperidine rings is 2. The van der Waals surface area contributed by atoms with E-state index in [-0.39, 0.29) is 29.9 Å². The smallest absolute Gasteiger partial charge is 0.254 e. The Bertz CT molecular complexity index is 1300. The summed E-state index contributed by atoms with van der Waals surface area (Å²) in [5.74, 6) is -0.387. The number of rotatable bonds is 5. The number of hydrogen-bond acceptors (Lipinski definition) is 5. The molecule has 6 nitrogen and oxygen atoms in total. The van der Waals surface area contributed by atoms with E-state index in [2.05, 4.69) is 9.88 Å². The minimum Gasteiger partial charge on any atom is -0.493 e. The topological polar surface area (TPSA) is 76.9 Å². The first-order valence-corrected chi connectivity index (χ1v) is 13.5. The summed E-state index contributed by atoms with van der Waals surface area (Å²) in [6.45, 7) is 3.06. The minimum atomic E-state index is -0.450. The Morgan fingerprint density at radius 3 is 2.51 bits per heavy atom. The number of carbonyl (C=O) groups excluding carboxylic acids is 1. The molecular formula is C28H30Cl2FN3O3. The zero-order chi connectivity index (χ0) is 26.1. The lowest BCUT2D eigenvalue weighted by Gasteiger charge is -2.44. The van der Waals surface area contributed by atoms with Crippen LogP contribution in [-0.4, -0.2) is 69.7 Å². The van der Waals surface area contributed by atoms with Crippen LogP contribution in [0.25, 0.3) is 10.9 Å². The Morgan fingerprint density at radius 1 is 1.00 bits per heavy atom. The van der Waals surface area contributed by atoms with Gasteiger partial charge < -0.3 is 15.1 Å². The van der Waals surface area contributed by atoms with Gasteiger partial charge in [0.2, 0.25) is 5.88 Å². The molecule has 196 valence electrons. The van der Waals surface area contributed by atoms with Crippen molar-refractivity contribution in [3.8, 4) is 5.88 Å². The third-order valence-corrected chi connectivity index (χ3v) is 8.63. The lowest BCUT2D eigenvalue weighted by atomic mass is 9.80. The van der Waals surface area contributed by atoms with E-state index < -0.39 is 5.82 Å². The second kappa shape index (κ2) is 11.1. The standard InChI is InChI=1S/C28H30Cl2FN3O3/c29-24-3-1-17(12-25(24)30)11-18-5-8-34(15-19(18)16-35)21-6-9-33(10-7-21)28(37)23-14-27(36)32-26-4-2-20(31)13-22(23)26/h1-4,12-14,18-19,21,35H,5-11,15-16H2,(H,32,36)/t18?,19-/m0/s1. The molecular weight excluding hydrogens is 516 g/mol. The zero-order valence-corrected chi connectivity index (χ0v) is 21.9. The molecule has 5 rings (SSSR count). The maximum Gasteiger partial charge on any atom is 0.254 e. The van der Waals surface area contributed by atoms with Crippen LogP contribution >= 0.6 is 23.2 Å². The summed E-state index contributed by atoms with van der Waals surface area (Å²) < 4.78 is 13.9. The van der Waals surface area contributed by atoms with Gasteiger partial charge in [0, 0.05) is 43.7 Å². The van der Waals surface area contributed by atoms with Crippen molar-refractivity contribution < 1.29 is 19.4 Å². The Morgan fingerprint density at radius 2 is 1.78 bits per heavy atom. The molecule has 1 amide bonds. The first kappa shape index (κ1) is 26.2. The molecule has 2 atom stereocenters. The molecule has 0 saturated carbocycles. The highest BCUT2D eigenvalue weighted by atomic mass is 35.5. The van der Waals surface area contributed by atoms with Gasteiger partial charge in [0.1, 0.15) is 5.82 Å². The van der Waals surface area contributed by atoms with Crippen molar-refractivity contribution in [2.24, 2.45) is 11.8 Å². The second-order valence-electron chi connectivity index (χ2n) is 10.2. The summed E-state index contributed by atoms with van der Waals surface area (Å²) in [4.78, 5) is 21.6. The predicted molar refractivity (Wildman–Crippen MR) is 143 cm³/mol. The summed E-state index contributed by atoms with van der Waals surface area (Å²) in [6.07, 6.45) is 3.49. The van der Waals surface area contributed by atoms with Gasteiger partial charge in [-0.15, -0.1) is 0 Å². The first-order chi connectivity index (χ1) is 17.8. The highest BCUT2D eigenvalue weighted by Crippen LogP contribution is 2.32. The number of amides is 1. The van der Waals surface area contributed by atoms with Crippen LogP contribution in [0.3, 0.4) is 0 Å². The van der Waals surface area contributed by atoms with Crippen LogP contribution in [0.4, 0.5) is 4.39 Å². The zero-order valence-electron chi connectivity index (χ0n) is 20.4. The van der Waals surface area contributed by atoms with Crippen molar-refractivity contribution in [1.82, 2.24) is 14.8 Å². The number of nitrogens with zero attached hydrogens (tertiary/aromatic N) is 3. The fraction of sp³-hybridized carbons (Fsp3) is 0.429. The molecule has 2 fully saturated rings. The van der Waals surface area contributed by atoms with Crippen LogP contribution in [0.2, 0.25) is 10.0 Å². The summed E-state index contributed by atoms with van der Waals surface area (Å²) in [6, 6.07) is 11.4. The first-order valence-electron chi connectivity index (χ1n) is 12.7. The monoisotopic (exact) mass is 545 g/mol. The van der Waals surface area contributed by atoms with E-state index in [0.717, 1.165) is 44.3 Å². The van der Waals surface area contributed by atoms with Gasteiger partial charge in [-0.3, -0.25) is 9.69 Å². The molecule has 0 aliphatic carbocycles. The van der Waals surface area contributed by atoms with Crippen molar-refractivity contribution in [2.75, 3.05) is 32.8 Å². The number of aromatic hydroxyl groups is 1. The molecule has 2 aliphatic heterocycles. The summed E-state index contributed by atoms with van der Waals surface area (Å²) in [5.41, 5.74) is 1.79. The van der Waals surface area contributed by atoms with Gasteiger partial charge in [-0.05, 0) is 80.0 Å². The van der Waals surface area contributed by atoms with Crippen LogP contribution < -0.4 is 0 Å². The van der Waals surface area contributed by atoms with Gasteiger partial charge in [0.15, 0.2) is 0 Å². The van der Waals surface area contributed by atoms with Gasteiger partial charge in [0.25, 0.3) is 5.91 Å². The number of aliphatic hydroxyl groups excluding tert-OH is 1. The molecule has 0 radical (unpaired) electrons. The van der Waals surface area contributed by atoms with E-state index >= 15 is 0 Å². The van der Waals surface area contributed by atoms with Gasteiger partial charge in [-0.2, -0.15) is 0 Å². The third-order valence-electron chi connectivity index (χ3n) is 7.89. The normalized spacial score (nSPS) is 21.5. The van der Waals surface area contributed by atoms with Crippen molar-refractivity contribution >= 4 is 40.0 Å². The molecule has 1 unspecified atom stereocenters. The Balaban J connectivity index is 1.21. The van der Waals surface area contributed by atoms with Gasteiger partial charge in [-0.25, -0.2) is 9.37 Å². The largest absolute Gasteiger partial charge is 0.493 e. The molecule has 2 aliphatic rings. The highest BCUT2D eigenvalue weighted by molar-refractivity contribution is 6.42. The molecule has 9 heteroatoms. The van der Waals surface area contributed by atoms with Crippen LogP contribution in [0, 0.1) is 17.7 Å². The number of aromatic nitrogens is 1. The van der Waals surface area contributed by atoms with Crippen molar-refractivity contribution in [1.29, 1.82) is 0 Å². The van der Waals surface area contributed by atoms with E-state index in [1.54, 1.807) is 4.90 Å². The van der Waals surface area contributed by atoms with E-state index in [9.17, 15) is 19.4 Å². The number of benzene rings is 2. The highest BCUT2D eigenvalue weighted by Gasteiger charge is 2.34. The SMILES string of the molecule is O=C(c1cc(O)nc2ccc(F)cc12)N1CCC(N2CCC(Cc3ccc(Cl)c(Cl)c3)[C@H](CO)C2)CC1. The van der Waals surface area contributed by atoms with Crippen LogP contribution in [0.1, 0.15) is 35.2 Å². The van der Waals surface area contributed by atoms with E-state index in [4.69, 9.17) is 23.2 Å². The van der Waals surface area contributed by atoms with Gasteiger partial charge in [0.05, 0.1) is 21.1 Å². The average molecular weight is 546 g/mol. The van der Waals surface area contributed by atoms with Crippen LogP contribution in [0.5, 0.6) is 5.88 Å². The van der Waals surface area contributed by atoms with Crippen molar-refractivity contribution in [2.45, 2.75) is 31.7 Å². The molecule has 3 aromatic rings. The summed E-state index contributed by atoms with van der Waals surface area (Å²) in [7, 11) is 0. The molecule has 2 aromatic carbocycles. The van der Waals surface area contributed by atoms with E-state index in [0.29, 0.717) is 46.0 Å². The number of fused-ring (bicyclic) bond motifs is 1. The number of halogens is 3. The molecule has 0 spiro atoms. The number of likely N-dealkylation sites (tertiary alicyclic amines) is 2. The fourth-order valence-electron chi connectivity index (χ4n) is 5.85. The molecule has 1 aromatic heterocycles. The number of hydrogen-bond donors (Lipinski definition) is 2. The Hall–Kier alpha value is -2.45. The fourth-order valence-corrected chi connectivity index (χ4v) is 6.17. The lowest BCUT2D eigenvalue weighted by molar-refractivity contribution is 0.0242. The molecule has 2 saturated heterocycles. The predicted octanol–water partition coefficient (Wildman–Crippen LogP) is 5.16. The molecule has 37 heavy (non-hydrogen) atoms. The average Bonchev–Trinajstić information content (AvgIpc) is 2.90. The maximum absolute atomic E-state index is 13.9. The van der Waals surface area contributed by atoms with E-state index in [1.165, 1.54) is 24.3 Å².